The second-order valence-corrected chi connectivity index (χ2v) is 5.46. The molecule has 0 saturated carbocycles. The van der Waals surface area contributed by atoms with Gasteiger partial charge in [-0.05, 0) is 18.6 Å². The molecule has 4 nitrogen and oxygen atoms in total. The molecule has 0 radical (unpaired) electrons. The topological polar surface area (TPSA) is 49.2 Å². The highest BCUT2D eigenvalue weighted by atomic mass is 16.3. The van der Waals surface area contributed by atoms with Crippen LogP contribution in [0.4, 0.5) is 0 Å². The average Bonchev–Trinajstić information content (AvgIpc) is 3.20. The number of para-hydroxylation sites is 1. The van der Waals surface area contributed by atoms with Gasteiger partial charge in [0.1, 0.15) is 0 Å². The van der Waals surface area contributed by atoms with Gasteiger partial charge in [-0.1, -0.05) is 31.5 Å². The summed E-state index contributed by atoms with van der Waals surface area (Å²) in [6, 6.07) is 9.79. The Morgan fingerprint density at radius 1 is 1.27 bits per heavy atom. The van der Waals surface area contributed by atoms with Gasteiger partial charge in [-0.2, -0.15) is 0 Å². The smallest absolute Gasteiger partial charge is 0.256 e. The Kier molecular flexibility index (Phi) is 4.28. The van der Waals surface area contributed by atoms with Crippen LogP contribution in [0.15, 0.2) is 53.5 Å². The number of H-pyrrole nitrogens is 1. The molecule has 114 valence electrons. The third-order valence-corrected chi connectivity index (χ3v) is 3.84. The normalized spacial score (nSPS) is 11.0. The van der Waals surface area contributed by atoms with Gasteiger partial charge in [0.2, 0.25) is 0 Å². The zero-order valence-corrected chi connectivity index (χ0v) is 12.7. The third kappa shape index (κ3) is 2.91. The molecule has 1 N–H and O–H groups in total. The summed E-state index contributed by atoms with van der Waals surface area (Å²) < 4.78 is 5.12. The van der Waals surface area contributed by atoms with Gasteiger partial charge in [-0.25, -0.2) is 0 Å². The number of carbonyl (C=O) groups is 1. The number of hydrogen-bond donors (Lipinski definition) is 1. The van der Waals surface area contributed by atoms with E-state index in [0.29, 0.717) is 6.54 Å². The Morgan fingerprint density at radius 3 is 2.91 bits per heavy atom. The minimum Gasteiger partial charge on any atom is -0.472 e. The van der Waals surface area contributed by atoms with Crippen LogP contribution in [0.25, 0.3) is 10.9 Å². The van der Waals surface area contributed by atoms with Crippen LogP contribution in [-0.4, -0.2) is 22.3 Å². The maximum atomic E-state index is 12.9. The Labute approximate surface area is 129 Å². The zero-order chi connectivity index (χ0) is 15.4. The molecule has 1 aromatic carbocycles. The summed E-state index contributed by atoms with van der Waals surface area (Å²) in [5, 5.41) is 0.973. The van der Waals surface area contributed by atoms with Crippen molar-refractivity contribution in [3.05, 3.63) is 60.2 Å². The fraction of sp³-hybridized carbons (Fsp3) is 0.278. The van der Waals surface area contributed by atoms with Crippen LogP contribution in [-0.2, 0) is 6.54 Å². The summed E-state index contributed by atoms with van der Waals surface area (Å²) in [6.45, 7) is 3.46. The highest BCUT2D eigenvalue weighted by molar-refractivity contribution is 6.06. The lowest BCUT2D eigenvalue weighted by molar-refractivity contribution is 0.0742. The van der Waals surface area contributed by atoms with E-state index >= 15 is 0 Å². The molecule has 2 heterocycles. The van der Waals surface area contributed by atoms with Gasteiger partial charge in [-0.3, -0.25) is 4.79 Å². The maximum absolute atomic E-state index is 12.9. The fourth-order valence-electron chi connectivity index (χ4n) is 2.62. The molecular formula is C18H20N2O2. The van der Waals surface area contributed by atoms with Crippen molar-refractivity contribution >= 4 is 16.8 Å². The van der Waals surface area contributed by atoms with Crippen molar-refractivity contribution in [1.29, 1.82) is 0 Å². The van der Waals surface area contributed by atoms with Crippen LogP contribution >= 0.6 is 0 Å². The second kappa shape index (κ2) is 6.52. The van der Waals surface area contributed by atoms with E-state index in [-0.39, 0.29) is 5.91 Å². The minimum atomic E-state index is 0.0621. The SMILES string of the molecule is CCCCN(Cc1ccoc1)C(=O)c1c[nH]c2ccccc12. The molecular weight excluding hydrogens is 276 g/mol. The lowest BCUT2D eigenvalue weighted by atomic mass is 10.1. The largest absolute Gasteiger partial charge is 0.472 e. The number of amides is 1. The molecule has 0 aliphatic rings. The first-order valence-corrected chi connectivity index (χ1v) is 7.66. The van der Waals surface area contributed by atoms with Gasteiger partial charge >= 0.3 is 0 Å². The summed E-state index contributed by atoms with van der Waals surface area (Å²) in [4.78, 5) is 18.0. The number of aromatic amines is 1. The molecule has 0 aliphatic carbocycles. The number of fused-ring (bicyclic) bond motifs is 1. The number of furan rings is 1. The summed E-state index contributed by atoms with van der Waals surface area (Å²) in [6.07, 6.45) is 7.20. The monoisotopic (exact) mass is 296 g/mol. The highest BCUT2D eigenvalue weighted by Crippen LogP contribution is 2.20. The summed E-state index contributed by atoms with van der Waals surface area (Å²) in [5.74, 6) is 0.0621. The maximum Gasteiger partial charge on any atom is 0.256 e. The number of nitrogens with one attached hydrogen (secondary N) is 1. The van der Waals surface area contributed by atoms with E-state index in [1.807, 2.05) is 35.2 Å². The van der Waals surface area contributed by atoms with Gasteiger partial charge in [0.25, 0.3) is 5.91 Å². The molecule has 0 spiro atoms. The molecule has 0 bridgehead atoms. The number of nitrogens with zero attached hydrogens (tertiary/aromatic N) is 1. The van der Waals surface area contributed by atoms with Crippen LogP contribution in [0, 0.1) is 0 Å². The van der Waals surface area contributed by atoms with Gasteiger partial charge < -0.3 is 14.3 Å². The molecule has 0 aliphatic heterocycles. The van der Waals surface area contributed by atoms with Crippen LogP contribution in [0.5, 0.6) is 0 Å². The summed E-state index contributed by atoms with van der Waals surface area (Å²) >= 11 is 0. The van der Waals surface area contributed by atoms with E-state index in [4.69, 9.17) is 4.42 Å². The molecule has 3 aromatic rings. The van der Waals surface area contributed by atoms with E-state index in [0.717, 1.165) is 41.4 Å². The molecule has 0 saturated heterocycles. The van der Waals surface area contributed by atoms with Crippen molar-refractivity contribution < 1.29 is 9.21 Å². The van der Waals surface area contributed by atoms with Crippen molar-refractivity contribution in [1.82, 2.24) is 9.88 Å². The van der Waals surface area contributed by atoms with E-state index in [1.54, 1.807) is 18.7 Å². The molecule has 0 fully saturated rings. The minimum absolute atomic E-state index is 0.0621. The summed E-state index contributed by atoms with van der Waals surface area (Å²) in [5.41, 5.74) is 2.74. The number of carbonyl (C=O) groups excluding carboxylic acids is 1. The highest BCUT2D eigenvalue weighted by Gasteiger charge is 2.19. The first kappa shape index (κ1) is 14.4. The van der Waals surface area contributed by atoms with Crippen LogP contribution in [0.3, 0.4) is 0 Å². The molecule has 22 heavy (non-hydrogen) atoms. The molecule has 2 aromatic heterocycles. The fourth-order valence-corrected chi connectivity index (χ4v) is 2.62. The van der Waals surface area contributed by atoms with Crippen LogP contribution in [0.2, 0.25) is 0 Å². The van der Waals surface area contributed by atoms with E-state index in [1.165, 1.54) is 0 Å². The number of aromatic nitrogens is 1. The lowest BCUT2D eigenvalue weighted by Crippen LogP contribution is -2.31. The van der Waals surface area contributed by atoms with Crippen molar-refractivity contribution in [2.45, 2.75) is 26.3 Å². The number of hydrogen-bond acceptors (Lipinski definition) is 2. The second-order valence-electron chi connectivity index (χ2n) is 5.46. The van der Waals surface area contributed by atoms with Gasteiger partial charge in [0.15, 0.2) is 0 Å². The van der Waals surface area contributed by atoms with E-state index < -0.39 is 0 Å². The van der Waals surface area contributed by atoms with Crippen molar-refractivity contribution in [2.24, 2.45) is 0 Å². The summed E-state index contributed by atoms with van der Waals surface area (Å²) in [7, 11) is 0. The average molecular weight is 296 g/mol. The quantitative estimate of drug-likeness (QED) is 0.741. The van der Waals surface area contributed by atoms with Crippen molar-refractivity contribution in [2.75, 3.05) is 6.54 Å². The molecule has 3 rings (SSSR count). The van der Waals surface area contributed by atoms with E-state index in [9.17, 15) is 4.79 Å². The Hall–Kier alpha value is -2.49. The first-order valence-electron chi connectivity index (χ1n) is 7.66. The molecule has 1 amide bonds. The predicted molar refractivity (Wildman–Crippen MR) is 86.7 cm³/mol. The molecule has 0 unspecified atom stereocenters. The number of rotatable bonds is 6. The van der Waals surface area contributed by atoms with Crippen LogP contribution < -0.4 is 0 Å². The standard InChI is InChI=1S/C18H20N2O2/c1-2-3-9-20(12-14-8-10-22-13-14)18(21)16-11-19-17-7-5-4-6-15(16)17/h4-8,10-11,13,19H,2-3,9,12H2,1H3. The first-order chi connectivity index (χ1) is 10.8. The van der Waals surface area contributed by atoms with Gasteiger partial charge in [0.05, 0.1) is 18.1 Å². The predicted octanol–water partition coefficient (Wildman–Crippen LogP) is 4.20. The zero-order valence-electron chi connectivity index (χ0n) is 12.7. The van der Waals surface area contributed by atoms with Crippen molar-refractivity contribution in [3.8, 4) is 0 Å². The Balaban J connectivity index is 1.87. The Bertz CT molecular complexity index is 743. The number of unbranched alkanes of at least 4 members (excludes halogenated alkanes) is 1. The van der Waals surface area contributed by atoms with Crippen molar-refractivity contribution in [3.63, 3.8) is 0 Å². The van der Waals surface area contributed by atoms with Gasteiger partial charge in [-0.15, -0.1) is 0 Å². The molecule has 4 heteroatoms. The van der Waals surface area contributed by atoms with Gasteiger partial charge in [0, 0.05) is 35.8 Å². The molecule has 0 atom stereocenters. The number of benzene rings is 1. The Morgan fingerprint density at radius 2 is 2.14 bits per heavy atom. The lowest BCUT2D eigenvalue weighted by Gasteiger charge is -2.21. The van der Waals surface area contributed by atoms with Crippen LogP contribution in [0.1, 0.15) is 35.7 Å². The third-order valence-electron chi connectivity index (χ3n) is 3.84. The van der Waals surface area contributed by atoms with E-state index in [2.05, 4.69) is 11.9 Å².